The molecule has 2 aromatic carbocycles. The first-order valence-corrected chi connectivity index (χ1v) is 7.78. The third kappa shape index (κ3) is 5.41. The zero-order valence-corrected chi connectivity index (χ0v) is 13.4. The quantitative estimate of drug-likeness (QED) is 0.838. The van der Waals surface area contributed by atoms with Crippen LogP contribution < -0.4 is 10.1 Å². The minimum Gasteiger partial charge on any atom is -0.484 e. The third-order valence-electron chi connectivity index (χ3n) is 3.23. The average molecular weight is 318 g/mol. The van der Waals surface area contributed by atoms with Crippen molar-refractivity contribution in [1.29, 1.82) is 0 Å². The van der Waals surface area contributed by atoms with E-state index in [1.165, 1.54) is 5.56 Å². The summed E-state index contributed by atoms with van der Waals surface area (Å²) < 4.78 is 5.48. The Bertz CT molecular complexity index is 593. The molecule has 0 atom stereocenters. The second-order valence-corrected chi connectivity index (χ2v) is 5.52. The molecule has 0 bridgehead atoms. The van der Waals surface area contributed by atoms with Gasteiger partial charge in [-0.15, -0.1) is 0 Å². The lowest BCUT2D eigenvalue weighted by molar-refractivity contribution is -0.123. The largest absolute Gasteiger partial charge is 0.484 e. The van der Waals surface area contributed by atoms with Crippen molar-refractivity contribution in [2.24, 2.45) is 0 Å². The van der Waals surface area contributed by atoms with Crippen molar-refractivity contribution in [3.05, 3.63) is 64.7 Å². The molecule has 1 amide bonds. The Morgan fingerprint density at radius 1 is 1.05 bits per heavy atom. The predicted octanol–water partition coefficient (Wildman–Crippen LogP) is 3.99. The van der Waals surface area contributed by atoms with Gasteiger partial charge in [-0.2, -0.15) is 0 Å². The first kappa shape index (κ1) is 16.4. The summed E-state index contributed by atoms with van der Waals surface area (Å²) in [6, 6.07) is 15.2. The summed E-state index contributed by atoms with van der Waals surface area (Å²) in [6.45, 7) is 2.63. The van der Waals surface area contributed by atoms with E-state index >= 15 is 0 Å². The maximum absolute atomic E-state index is 11.8. The van der Waals surface area contributed by atoms with Crippen LogP contribution in [0.1, 0.15) is 24.5 Å². The van der Waals surface area contributed by atoms with Gasteiger partial charge >= 0.3 is 0 Å². The highest BCUT2D eigenvalue weighted by molar-refractivity contribution is 6.30. The van der Waals surface area contributed by atoms with Crippen molar-refractivity contribution in [2.45, 2.75) is 26.3 Å². The Morgan fingerprint density at radius 2 is 1.68 bits per heavy atom. The SMILES string of the molecule is CCCc1ccc(OCC(=O)NCc2ccc(Cl)cc2)cc1. The first-order chi connectivity index (χ1) is 10.7. The van der Waals surface area contributed by atoms with Gasteiger partial charge in [0, 0.05) is 11.6 Å². The molecule has 22 heavy (non-hydrogen) atoms. The van der Waals surface area contributed by atoms with Gasteiger partial charge in [-0.3, -0.25) is 4.79 Å². The van der Waals surface area contributed by atoms with E-state index in [1.54, 1.807) is 12.1 Å². The lowest BCUT2D eigenvalue weighted by Crippen LogP contribution is -2.28. The zero-order chi connectivity index (χ0) is 15.8. The molecule has 0 radical (unpaired) electrons. The summed E-state index contributed by atoms with van der Waals surface area (Å²) in [5.74, 6) is 0.564. The van der Waals surface area contributed by atoms with Crippen LogP contribution in [0.5, 0.6) is 5.75 Å². The van der Waals surface area contributed by atoms with Gasteiger partial charge < -0.3 is 10.1 Å². The molecule has 0 aliphatic carbocycles. The third-order valence-corrected chi connectivity index (χ3v) is 3.49. The van der Waals surface area contributed by atoms with Crippen LogP contribution in [0.15, 0.2) is 48.5 Å². The molecular weight excluding hydrogens is 298 g/mol. The molecule has 2 rings (SSSR count). The maximum Gasteiger partial charge on any atom is 0.258 e. The van der Waals surface area contributed by atoms with Gasteiger partial charge in [0.2, 0.25) is 0 Å². The van der Waals surface area contributed by atoms with Gasteiger partial charge in [0.15, 0.2) is 6.61 Å². The summed E-state index contributed by atoms with van der Waals surface area (Å²) in [6.07, 6.45) is 2.18. The standard InChI is InChI=1S/C18H20ClNO2/c1-2-3-14-6-10-17(11-7-14)22-13-18(21)20-12-15-4-8-16(19)9-5-15/h4-11H,2-3,12-13H2,1H3,(H,20,21). The second kappa shape index (κ2) is 8.44. The molecule has 0 spiro atoms. The van der Waals surface area contributed by atoms with E-state index in [9.17, 15) is 4.79 Å². The van der Waals surface area contributed by atoms with Crippen molar-refractivity contribution >= 4 is 17.5 Å². The Labute approximate surface area is 136 Å². The topological polar surface area (TPSA) is 38.3 Å². The molecule has 116 valence electrons. The number of hydrogen-bond acceptors (Lipinski definition) is 2. The fraction of sp³-hybridized carbons (Fsp3) is 0.278. The van der Waals surface area contributed by atoms with Crippen molar-refractivity contribution in [3.63, 3.8) is 0 Å². The van der Waals surface area contributed by atoms with E-state index in [0.29, 0.717) is 17.3 Å². The van der Waals surface area contributed by atoms with E-state index in [4.69, 9.17) is 16.3 Å². The molecular formula is C18H20ClNO2. The van der Waals surface area contributed by atoms with Crippen LogP contribution in [0.25, 0.3) is 0 Å². The van der Waals surface area contributed by atoms with Crippen LogP contribution in [0, 0.1) is 0 Å². The number of carbonyl (C=O) groups excluding carboxylic acids is 1. The number of aryl methyl sites for hydroxylation is 1. The highest BCUT2D eigenvalue weighted by Crippen LogP contribution is 2.13. The van der Waals surface area contributed by atoms with Gasteiger partial charge in [0.25, 0.3) is 5.91 Å². The lowest BCUT2D eigenvalue weighted by Gasteiger charge is -2.08. The molecule has 1 N–H and O–H groups in total. The Hall–Kier alpha value is -2.00. The smallest absolute Gasteiger partial charge is 0.258 e. The number of carbonyl (C=O) groups is 1. The molecule has 3 nitrogen and oxygen atoms in total. The number of halogens is 1. The number of nitrogens with one attached hydrogen (secondary N) is 1. The summed E-state index contributed by atoms with van der Waals surface area (Å²) in [5.41, 5.74) is 2.28. The average Bonchev–Trinajstić information content (AvgIpc) is 2.54. The normalized spacial score (nSPS) is 10.3. The minimum absolute atomic E-state index is 0.0146. The van der Waals surface area contributed by atoms with Crippen molar-refractivity contribution in [1.82, 2.24) is 5.32 Å². The monoisotopic (exact) mass is 317 g/mol. The molecule has 0 heterocycles. The van der Waals surface area contributed by atoms with E-state index in [-0.39, 0.29) is 12.5 Å². The Kier molecular flexibility index (Phi) is 6.28. The highest BCUT2D eigenvalue weighted by Gasteiger charge is 2.03. The Morgan fingerprint density at radius 3 is 2.32 bits per heavy atom. The summed E-state index contributed by atoms with van der Waals surface area (Å²) >= 11 is 5.82. The van der Waals surface area contributed by atoms with Gasteiger partial charge in [-0.25, -0.2) is 0 Å². The van der Waals surface area contributed by atoms with Crippen molar-refractivity contribution < 1.29 is 9.53 Å². The van der Waals surface area contributed by atoms with Crippen LogP contribution in [-0.4, -0.2) is 12.5 Å². The maximum atomic E-state index is 11.8. The molecule has 0 aromatic heterocycles. The molecule has 0 unspecified atom stereocenters. The van der Waals surface area contributed by atoms with Crippen LogP contribution >= 0.6 is 11.6 Å². The van der Waals surface area contributed by atoms with Crippen LogP contribution in [0.2, 0.25) is 5.02 Å². The van der Waals surface area contributed by atoms with Crippen LogP contribution in [0.4, 0.5) is 0 Å². The van der Waals surface area contributed by atoms with Crippen molar-refractivity contribution in [3.8, 4) is 5.75 Å². The van der Waals surface area contributed by atoms with E-state index < -0.39 is 0 Å². The molecule has 0 fully saturated rings. The molecule has 0 saturated carbocycles. The number of amides is 1. The number of hydrogen-bond donors (Lipinski definition) is 1. The van der Waals surface area contributed by atoms with Gasteiger partial charge in [0.1, 0.15) is 5.75 Å². The van der Waals surface area contributed by atoms with Gasteiger partial charge in [-0.05, 0) is 41.8 Å². The summed E-state index contributed by atoms with van der Waals surface area (Å²) in [4.78, 5) is 11.8. The predicted molar refractivity (Wildman–Crippen MR) is 89.2 cm³/mol. The zero-order valence-electron chi connectivity index (χ0n) is 12.6. The molecule has 0 saturated heterocycles. The van der Waals surface area contributed by atoms with Crippen molar-refractivity contribution in [2.75, 3.05) is 6.61 Å². The number of ether oxygens (including phenoxy) is 1. The van der Waals surface area contributed by atoms with E-state index in [2.05, 4.69) is 12.2 Å². The molecule has 4 heteroatoms. The summed E-state index contributed by atoms with van der Waals surface area (Å²) in [5, 5.41) is 3.50. The van der Waals surface area contributed by atoms with E-state index in [1.807, 2.05) is 36.4 Å². The van der Waals surface area contributed by atoms with Crippen LogP contribution in [0.3, 0.4) is 0 Å². The molecule has 0 aliphatic heterocycles. The molecule has 2 aromatic rings. The van der Waals surface area contributed by atoms with Gasteiger partial charge in [-0.1, -0.05) is 49.2 Å². The molecule has 0 aliphatic rings. The number of rotatable bonds is 7. The van der Waals surface area contributed by atoms with Crippen LogP contribution in [-0.2, 0) is 17.8 Å². The fourth-order valence-electron chi connectivity index (χ4n) is 2.04. The minimum atomic E-state index is -0.146. The second-order valence-electron chi connectivity index (χ2n) is 5.09. The van der Waals surface area contributed by atoms with E-state index in [0.717, 1.165) is 18.4 Å². The number of benzene rings is 2. The highest BCUT2D eigenvalue weighted by atomic mass is 35.5. The first-order valence-electron chi connectivity index (χ1n) is 7.40. The Balaban J connectivity index is 1.74. The van der Waals surface area contributed by atoms with Gasteiger partial charge in [0.05, 0.1) is 0 Å². The fourth-order valence-corrected chi connectivity index (χ4v) is 2.17. The lowest BCUT2D eigenvalue weighted by atomic mass is 10.1. The summed E-state index contributed by atoms with van der Waals surface area (Å²) in [7, 11) is 0.